The summed E-state index contributed by atoms with van der Waals surface area (Å²) < 4.78 is 0. The molecule has 1 aliphatic rings. The molecule has 1 aromatic rings. The number of hydrogen-bond donors (Lipinski definition) is 2. The van der Waals surface area contributed by atoms with Crippen molar-refractivity contribution >= 4 is 17.6 Å². The lowest BCUT2D eigenvalue weighted by molar-refractivity contribution is -0.136. The molecule has 17 heavy (non-hydrogen) atoms. The van der Waals surface area contributed by atoms with Crippen LogP contribution in [0.25, 0.3) is 0 Å². The fourth-order valence-electron chi connectivity index (χ4n) is 1.81. The monoisotopic (exact) mass is 234 g/mol. The summed E-state index contributed by atoms with van der Waals surface area (Å²) in [5.74, 6) is -0.910. The van der Waals surface area contributed by atoms with E-state index in [1.54, 1.807) is 24.3 Å². The second-order valence-corrected chi connectivity index (χ2v) is 4.18. The number of amides is 1. The van der Waals surface area contributed by atoms with Crippen LogP contribution in [0.2, 0.25) is 0 Å². The van der Waals surface area contributed by atoms with Gasteiger partial charge in [-0.05, 0) is 17.7 Å². The zero-order valence-corrected chi connectivity index (χ0v) is 9.51. The quantitative estimate of drug-likeness (QED) is 0.811. The fourth-order valence-corrected chi connectivity index (χ4v) is 1.81. The zero-order valence-electron chi connectivity index (χ0n) is 9.51. The van der Waals surface area contributed by atoms with E-state index in [0.29, 0.717) is 17.8 Å². The van der Waals surface area contributed by atoms with Crippen molar-refractivity contribution in [1.29, 1.82) is 0 Å². The Labute approximate surface area is 99.0 Å². The number of carbonyl (C=O) groups excluding carboxylic acids is 1. The van der Waals surface area contributed by atoms with Gasteiger partial charge in [0.1, 0.15) is 0 Å². The lowest BCUT2D eigenvalue weighted by Crippen LogP contribution is -2.34. The van der Waals surface area contributed by atoms with E-state index < -0.39 is 5.97 Å². The molecule has 0 aromatic heterocycles. The molecule has 0 saturated carbocycles. The summed E-state index contributed by atoms with van der Waals surface area (Å²) in [6.07, 6.45) is -0.0363. The van der Waals surface area contributed by atoms with E-state index in [-0.39, 0.29) is 18.2 Å². The van der Waals surface area contributed by atoms with Crippen LogP contribution in [0.1, 0.15) is 12.5 Å². The molecule has 1 aromatic carbocycles. The molecule has 1 fully saturated rings. The zero-order chi connectivity index (χ0) is 12.4. The van der Waals surface area contributed by atoms with Gasteiger partial charge in [-0.2, -0.15) is 0 Å². The number of anilines is 1. The van der Waals surface area contributed by atoms with E-state index in [1.165, 1.54) is 5.01 Å². The van der Waals surface area contributed by atoms with Gasteiger partial charge >= 0.3 is 5.97 Å². The first-order valence-corrected chi connectivity index (χ1v) is 5.46. The van der Waals surface area contributed by atoms with Crippen molar-refractivity contribution in [2.75, 3.05) is 11.6 Å². The average Bonchev–Trinajstić information content (AvgIpc) is 2.59. The number of hydrogen-bond acceptors (Lipinski definition) is 3. The molecule has 5 nitrogen and oxygen atoms in total. The Morgan fingerprint density at radius 1 is 1.59 bits per heavy atom. The highest BCUT2D eigenvalue weighted by Gasteiger charge is 2.28. The molecular weight excluding hydrogens is 220 g/mol. The maximum atomic E-state index is 11.8. The van der Waals surface area contributed by atoms with Gasteiger partial charge in [0.15, 0.2) is 0 Å². The molecule has 2 rings (SSSR count). The fraction of sp³-hybridized carbons (Fsp3) is 0.333. The van der Waals surface area contributed by atoms with Gasteiger partial charge in [-0.15, -0.1) is 0 Å². The topological polar surface area (TPSA) is 69.6 Å². The van der Waals surface area contributed by atoms with Crippen LogP contribution in [0.5, 0.6) is 0 Å². The smallest absolute Gasteiger partial charge is 0.307 e. The Bertz CT molecular complexity index is 459. The summed E-state index contributed by atoms with van der Waals surface area (Å²) >= 11 is 0. The molecule has 90 valence electrons. The standard InChI is InChI=1S/C12H14N2O3/c1-8-7-13-14(12(8)17)10-4-2-3-9(5-10)6-11(15)16/h2-5,8,13H,6-7H2,1H3,(H,15,16). The van der Waals surface area contributed by atoms with Gasteiger partial charge in [0.2, 0.25) is 5.91 Å². The average molecular weight is 234 g/mol. The second kappa shape index (κ2) is 4.55. The van der Waals surface area contributed by atoms with Crippen LogP contribution >= 0.6 is 0 Å². The number of nitrogens with one attached hydrogen (secondary N) is 1. The number of hydrazine groups is 1. The minimum atomic E-state index is -0.878. The predicted octanol–water partition coefficient (Wildman–Crippen LogP) is 0.801. The van der Waals surface area contributed by atoms with E-state index in [9.17, 15) is 9.59 Å². The van der Waals surface area contributed by atoms with Gasteiger partial charge in [-0.25, -0.2) is 10.4 Å². The van der Waals surface area contributed by atoms with Crippen molar-refractivity contribution in [2.24, 2.45) is 5.92 Å². The van der Waals surface area contributed by atoms with E-state index >= 15 is 0 Å². The van der Waals surface area contributed by atoms with Crippen molar-refractivity contribution in [3.63, 3.8) is 0 Å². The third kappa shape index (κ3) is 2.45. The number of benzene rings is 1. The summed E-state index contributed by atoms with van der Waals surface area (Å²) in [6, 6.07) is 7.00. The van der Waals surface area contributed by atoms with Crippen LogP contribution in [0.4, 0.5) is 5.69 Å². The van der Waals surface area contributed by atoms with Crippen molar-refractivity contribution in [2.45, 2.75) is 13.3 Å². The summed E-state index contributed by atoms with van der Waals surface area (Å²) in [5.41, 5.74) is 4.37. The van der Waals surface area contributed by atoms with Gasteiger partial charge in [0.05, 0.1) is 18.0 Å². The molecule has 1 heterocycles. The van der Waals surface area contributed by atoms with Crippen molar-refractivity contribution in [1.82, 2.24) is 5.43 Å². The Morgan fingerprint density at radius 2 is 2.35 bits per heavy atom. The number of carboxylic acid groups (broad SMARTS) is 1. The third-order valence-corrected chi connectivity index (χ3v) is 2.72. The Morgan fingerprint density at radius 3 is 2.94 bits per heavy atom. The number of carbonyl (C=O) groups is 2. The highest BCUT2D eigenvalue weighted by molar-refractivity contribution is 5.96. The molecule has 1 saturated heterocycles. The van der Waals surface area contributed by atoms with Crippen molar-refractivity contribution in [3.05, 3.63) is 29.8 Å². The highest BCUT2D eigenvalue weighted by Crippen LogP contribution is 2.20. The summed E-state index contributed by atoms with van der Waals surface area (Å²) in [5, 5.41) is 10.2. The maximum absolute atomic E-state index is 11.8. The molecule has 1 unspecified atom stereocenters. The van der Waals surface area contributed by atoms with Crippen LogP contribution in [0, 0.1) is 5.92 Å². The van der Waals surface area contributed by atoms with Gasteiger partial charge in [0, 0.05) is 6.54 Å². The van der Waals surface area contributed by atoms with E-state index in [0.717, 1.165) is 0 Å². The summed E-state index contributed by atoms with van der Waals surface area (Å²) in [6.45, 7) is 2.47. The van der Waals surface area contributed by atoms with E-state index in [4.69, 9.17) is 5.11 Å². The molecule has 1 amide bonds. The number of rotatable bonds is 3. The Balaban J connectivity index is 2.21. The molecule has 5 heteroatoms. The van der Waals surface area contributed by atoms with Gasteiger partial charge in [0.25, 0.3) is 0 Å². The lowest BCUT2D eigenvalue weighted by atomic mass is 10.1. The van der Waals surface area contributed by atoms with Crippen LogP contribution < -0.4 is 10.4 Å². The molecule has 0 aliphatic carbocycles. The molecule has 1 aliphatic heterocycles. The second-order valence-electron chi connectivity index (χ2n) is 4.18. The molecule has 0 spiro atoms. The minimum absolute atomic E-state index is 0.0116. The van der Waals surface area contributed by atoms with E-state index in [1.807, 2.05) is 6.92 Å². The number of aliphatic carboxylic acids is 1. The Hall–Kier alpha value is -1.88. The van der Waals surface area contributed by atoms with Gasteiger partial charge in [-0.3, -0.25) is 9.59 Å². The molecule has 1 atom stereocenters. The summed E-state index contributed by atoms with van der Waals surface area (Å²) in [7, 11) is 0. The minimum Gasteiger partial charge on any atom is -0.481 e. The van der Waals surface area contributed by atoms with Crippen LogP contribution in [0.3, 0.4) is 0 Å². The third-order valence-electron chi connectivity index (χ3n) is 2.72. The van der Waals surface area contributed by atoms with Crippen molar-refractivity contribution in [3.8, 4) is 0 Å². The lowest BCUT2D eigenvalue weighted by Gasteiger charge is -2.16. The first kappa shape index (κ1) is 11.6. The van der Waals surface area contributed by atoms with Crippen LogP contribution in [0.15, 0.2) is 24.3 Å². The first-order chi connectivity index (χ1) is 8.08. The first-order valence-electron chi connectivity index (χ1n) is 5.46. The van der Waals surface area contributed by atoms with Crippen molar-refractivity contribution < 1.29 is 14.7 Å². The van der Waals surface area contributed by atoms with Crippen LogP contribution in [-0.2, 0) is 16.0 Å². The van der Waals surface area contributed by atoms with Gasteiger partial charge in [-0.1, -0.05) is 19.1 Å². The molecule has 2 N–H and O–H groups in total. The highest BCUT2D eigenvalue weighted by atomic mass is 16.4. The number of carboxylic acids is 1. The number of nitrogens with zero attached hydrogens (tertiary/aromatic N) is 1. The van der Waals surface area contributed by atoms with Crippen LogP contribution in [-0.4, -0.2) is 23.5 Å². The normalized spacial score (nSPS) is 19.7. The SMILES string of the molecule is CC1CNN(c2cccc(CC(=O)O)c2)C1=O. The predicted molar refractivity (Wildman–Crippen MR) is 62.4 cm³/mol. The van der Waals surface area contributed by atoms with Gasteiger partial charge < -0.3 is 5.11 Å². The molecule has 0 radical (unpaired) electrons. The summed E-state index contributed by atoms with van der Waals surface area (Å²) in [4.78, 5) is 22.4. The molecule has 0 bridgehead atoms. The maximum Gasteiger partial charge on any atom is 0.307 e. The molecular formula is C12H14N2O3. The Kier molecular flexibility index (Phi) is 3.10. The largest absolute Gasteiger partial charge is 0.481 e. The van der Waals surface area contributed by atoms with E-state index in [2.05, 4.69) is 5.43 Å².